The van der Waals surface area contributed by atoms with Gasteiger partial charge in [0, 0.05) is 38.5 Å². The van der Waals surface area contributed by atoms with Crippen LogP contribution >= 0.6 is 11.6 Å². The lowest BCUT2D eigenvalue weighted by Gasteiger charge is -2.16. The lowest BCUT2D eigenvalue weighted by Crippen LogP contribution is -2.17. The molecule has 16 heavy (non-hydrogen) atoms. The molecular weight excluding hydrogens is 226 g/mol. The lowest BCUT2D eigenvalue weighted by atomic mass is 10.3. The van der Waals surface area contributed by atoms with Gasteiger partial charge in [-0.2, -0.15) is 5.10 Å². The third-order valence-corrected chi connectivity index (χ3v) is 2.40. The van der Waals surface area contributed by atoms with Crippen LogP contribution in [0.15, 0.2) is 24.8 Å². The van der Waals surface area contributed by atoms with E-state index in [4.69, 9.17) is 11.6 Å². The van der Waals surface area contributed by atoms with Gasteiger partial charge in [0.25, 0.3) is 0 Å². The molecule has 84 valence electrons. The van der Waals surface area contributed by atoms with Crippen LogP contribution in [0.2, 0.25) is 5.15 Å². The van der Waals surface area contributed by atoms with Gasteiger partial charge in [-0.15, -0.1) is 0 Å². The minimum absolute atomic E-state index is 0.447. The topological polar surface area (TPSA) is 46.8 Å². The van der Waals surface area contributed by atoms with Crippen LogP contribution in [0.4, 0.5) is 5.82 Å². The number of aryl methyl sites for hydroxylation is 1. The third-order valence-electron chi connectivity index (χ3n) is 2.19. The fraction of sp³-hybridized carbons (Fsp3) is 0.300. The van der Waals surface area contributed by atoms with Crippen molar-refractivity contribution in [3.8, 4) is 0 Å². The quantitative estimate of drug-likeness (QED) is 0.759. The van der Waals surface area contributed by atoms with Crippen molar-refractivity contribution in [1.82, 2.24) is 19.7 Å². The molecule has 0 bridgehead atoms. The van der Waals surface area contributed by atoms with Gasteiger partial charge in [0.1, 0.15) is 17.3 Å². The summed E-state index contributed by atoms with van der Waals surface area (Å²) in [6.45, 7) is 0.737. The molecule has 0 fully saturated rings. The van der Waals surface area contributed by atoms with Crippen LogP contribution in [0.1, 0.15) is 5.56 Å². The molecule has 2 aromatic heterocycles. The number of rotatable bonds is 3. The average molecular weight is 238 g/mol. The molecule has 0 unspecified atom stereocenters. The van der Waals surface area contributed by atoms with Crippen molar-refractivity contribution in [1.29, 1.82) is 0 Å². The summed E-state index contributed by atoms with van der Waals surface area (Å²) in [6.07, 6.45) is 5.26. The van der Waals surface area contributed by atoms with Crippen LogP contribution < -0.4 is 4.90 Å². The first-order valence-corrected chi connectivity index (χ1v) is 5.19. The Bertz CT molecular complexity index is 482. The van der Waals surface area contributed by atoms with E-state index in [0.29, 0.717) is 5.15 Å². The van der Waals surface area contributed by atoms with Crippen molar-refractivity contribution >= 4 is 17.4 Å². The largest absolute Gasteiger partial charge is 0.355 e. The van der Waals surface area contributed by atoms with Crippen molar-refractivity contribution in [2.75, 3.05) is 11.9 Å². The molecule has 0 radical (unpaired) electrons. The third kappa shape index (κ3) is 2.49. The Morgan fingerprint density at radius 1 is 1.44 bits per heavy atom. The number of nitrogens with zero attached hydrogens (tertiary/aromatic N) is 5. The Balaban J connectivity index is 2.11. The summed E-state index contributed by atoms with van der Waals surface area (Å²) in [5, 5.41) is 4.56. The maximum Gasteiger partial charge on any atom is 0.134 e. The number of halogens is 1. The van der Waals surface area contributed by atoms with E-state index in [1.165, 1.54) is 6.33 Å². The SMILES string of the molecule is CN(Cc1cnn(C)c1)c1cc(Cl)ncn1. The Kier molecular flexibility index (Phi) is 3.05. The summed E-state index contributed by atoms with van der Waals surface area (Å²) >= 11 is 5.80. The van der Waals surface area contributed by atoms with Crippen molar-refractivity contribution in [3.05, 3.63) is 35.5 Å². The Labute approximate surface area is 98.7 Å². The minimum Gasteiger partial charge on any atom is -0.355 e. The van der Waals surface area contributed by atoms with Crippen molar-refractivity contribution in [2.24, 2.45) is 7.05 Å². The highest BCUT2D eigenvalue weighted by molar-refractivity contribution is 6.29. The zero-order chi connectivity index (χ0) is 11.5. The predicted molar refractivity (Wildman–Crippen MR) is 62.4 cm³/mol. The smallest absolute Gasteiger partial charge is 0.134 e. The molecule has 6 heteroatoms. The van der Waals surface area contributed by atoms with Gasteiger partial charge in [-0.25, -0.2) is 9.97 Å². The number of aromatic nitrogens is 4. The lowest BCUT2D eigenvalue weighted by molar-refractivity contribution is 0.766. The van der Waals surface area contributed by atoms with E-state index in [1.807, 2.05) is 31.4 Å². The van der Waals surface area contributed by atoms with Gasteiger partial charge < -0.3 is 4.90 Å². The summed E-state index contributed by atoms with van der Waals surface area (Å²) in [7, 11) is 3.84. The van der Waals surface area contributed by atoms with Crippen LogP contribution in [0, 0.1) is 0 Å². The normalized spacial score (nSPS) is 10.4. The van der Waals surface area contributed by atoms with Crippen LogP contribution in [-0.2, 0) is 13.6 Å². The molecule has 0 spiro atoms. The summed E-state index contributed by atoms with van der Waals surface area (Å²) in [5.74, 6) is 0.795. The first-order chi connectivity index (χ1) is 7.65. The first-order valence-electron chi connectivity index (χ1n) is 4.81. The van der Waals surface area contributed by atoms with Crippen molar-refractivity contribution < 1.29 is 0 Å². The van der Waals surface area contributed by atoms with Crippen LogP contribution in [0.3, 0.4) is 0 Å². The molecule has 0 N–H and O–H groups in total. The molecular formula is C10H12ClN5. The highest BCUT2D eigenvalue weighted by atomic mass is 35.5. The summed E-state index contributed by atoms with van der Waals surface area (Å²) < 4.78 is 1.77. The Hall–Kier alpha value is -1.62. The average Bonchev–Trinajstić information content (AvgIpc) is 2.64. The second-order valence-corrected chi connectivity index (χ2v) is 3.96. The molecule has 2 heterocycles. The zero-order valence-electron chi connectivity index (χ0n) is 9.13. The maximum absolute atomic E-state index is 5.80. The molecule has 2 rings (SSSR count). The van der Waals surface area contributed by atoms with Gasteiger partial charge in [0.15, 0.2) is 0 Å². The monoisotopic (exact) mass is 237 g/mol. The Morgan fingerprint density at radius 2 is 2.25 bits per heavy atom. The van der Waals surface area contributed by atoms with Crippen molar-refractivity contribution in [3.63, 3.8) is 0 Å². The van der Waals surface area contributed by atoms with Crippen LogP contribution in [0.25, 0.3) is 0 Å². The highest BCUT2D eigenvalue weighted by Crippen LogP contribution is 2.14. The second-order valence-electron chi connectivity index (χ2n) is 3.58. The van der Waals surface area contributed by atoms with Crippen LogP contribution in [0.5, 0.6) is 0 Å². The molecule has 0 aliphatic carbocycles. The van der Waals surface area contributed by atoms with Gasteiger partial charge in [-0.05, 0) is 0 Å². The molecule has 0 saturated heterocycles. The van der Waals surface area contributed by atoms with E-state index in [1.54, 1.807) is 10.7 Å². The molecule has 0 aliphatic heterocycles. The maximum atomic E-state index is 5.80. The summed E-state index contributed by atoms with van der Waals surface area (Å²) in [4.78, 5) is 9.98. The number of hydrogen-bond donors (Lipinski definition) is 0. The molecule has 2 aromatic rings. The summed E-state index contributed by atoms with van der Waals surface area (Å²) in [6, 6.07) is 1.73. The van der Waals surface area contributed by atoms with Crippen LogP contribution in [-0.4, -0.2) is 26.8 Å². The fourth-order valence-corrected chi connectivity index (χ4v) is 1.58. The van der Waals surface area contributed by atoms with E-state index in [0.717, 1.165) is 17.9 Å². The Morgan fingerprint density at radius 3 is 2.88 bits per heavy atom. The van der Waals surface area contributed by atoms with Gasteiger partial charge >= 0.3 is 0 Å². The molecule has 5 nitrogen and oxygen atoms in total. The highest BCUT2D eigenvalue weighted by Gasteiger charge is 2.05. The molecule has 0 aliphatic rings. The van der Waals surface area contributed by atoms with Gasteiger partial charge in [0.2, 0.25) is 0 Å². The van der Waals surface area contributed by atoms with Gasteiger partial charge in [-0.3, -0.25) is 4.68 Å². The fourth-order valence-electron chi connectivity index (χ4n) is 1.44. The van der Waals surface area contributed by atoms with E-state index in [2.05, 4.69) is 15.1 Å². The van der Waals surface area contributed by atoms with Gasteiger partial charge in [0.05, 0.1) is 6.20 Å². The molecule has 0 aromatic carbocycles. The standard InChI is InChI=1S/C10H12ClN5/c1-15(5-8-4-14-16(2)6-8)10-3-9(11)12-7-13-10/h3-4,6-7H,5H2,1-2H3. The first kappa shape index (κ1) is 10.9. The van der Waals surface area contributed by atoms with Gasteiger partial charge in [-0.1, -0.05) is 11.6 Å². The predicted octanol–water partition coefficient (Wildman–Crippen LogP) is 1.50. The van der Waals surface area contributed by atoms with Crippen molar-refractivity contribution in [2.45, 2.75) is 6.54 Å². The number of anilines is 1. The number of hydrogen-bond acceptors (Lipinski definition) is 4. The van der Waals surface area contributed by atoms with E-state index >= 15 is 0 Å². The summed E-state index contributed by atoms with van der Waals surface area (Å²) in [5.41, 5.74) is 1.12. The molecule has 0 atom stereocenters. The molecule has 0 saturated carbocycles. The second kappa shape index (κ2) is 4.49. The van der Waals surface area contributed by atoms with E-state index < -0.39 is 0 Å². The van der Waals surface area contributed by atoms with E-state index in [9.17, 15) is 0 Å². The minimum atomic E-state index is 0.447. The molecule has 0 amide bonds. The zero-order valence-corrected chi connectivity index (χ0v) is 9.89. The van der Waals surface area contributed by atoms with E-state index in [-0.39, 0.29) is 0 Å².